The summed E-state index contributed by atoms with van der Waals surface area (Å²) in [6, 6.07) is 0. The molecule has 1 saturated carbocycles. The molecule has 2 N–H and O–H groups in total. The molecule has 0 aromatic carbocycles. The number of aliphatic carboxylic acids is 1. The van der Waals surface area contributed by atoms with Gasteiger partial charge in [0.1, 0.15) is 11.2 Å². The minimum absolute atomic E-state index is 0.112. The second-order valence-electron chi connectivity index (χ2n) is 4.86. The number of nitrogens with one attached hydrogen (secondary N) is 1. The Balaban J connectivity index is 2.35. The van der Waals surface area contributed by atoms with Gasteiger partial charge in [0, 0.05) is 7.05 Å². The fraction of sp³-hybridized carbons (Fsp3) is 0.545. The molecule has 2 rings (SSSR count). The highest BCUT2D eigenvalue weighted by Crippen LogP contribution is 2.33. The van der Waals surface area contributed by atoms with E-state index in [9.17, 15) is 19.7 Å². The van der Waals surface area contributed by atoms with Gasteiger partial charge in [-0.2, -0.15) is 5.10 Å². The summed E-state index contributed by atoms with van der Waals surface area (Å²) in [5.74, 6) is -1.92. The number of rotatable bonds is 4. The van der Waals surface area contributed by atoms with Gasteiger partial charge in [-0.1, -0.05) is 0 Å². The maximum absolute atomic E-state index is 12.2. The Labute approximate surface area is 113 Å². The zero-order valence-corrected chi connectivity index (χ0v) is 11.0. The summed E-state index contributed by atoms with van der Waals surface area (Å²) in [7, 11) is 1.41. The SMILES string of the molecule is Cc1nn(C)c(C(=O)NC2(C(=O)O)CCC2)c1[N+](=O)[O-]. The van der Waals surface area contributed by atoms with E-state index in [1.165, 1.54) is 14.0 Å². The van der Waals surface area contributed by atoms with Crippen LogP contribution < -0.4 is 5.32 Å². The predicted molar refractivity (Wildman–Crippen MR) is 66.3 cm³/mol. The summed E-state index contributed by atoms with van der Waals surface area (Å²) < 4.78 is 1.09. The van der Waals surface area contributed by atoms with Gasteiger partial charge in [-0.15, -0.1) is 0 Å². The first kappa shape index (κ1) is 14.0. The first-order valence-corrected chi connectivity index (χ1v) is 6.02. The first-order chi connectivity index (χ1) is 9.28. The van der Waals surface area contributed by atoms with Crippen LogP contribution in [0.25, 0.3) is 0 Å². The number of carboxylic acid groups (broad SMARTS) is 1. The zero-order valence-electron chi connectivity index (χ0n) is 11.0. The topological polar surface area (TPSA) is 127 Å². The fourth-order valence-corrected chi connectivity index (χ4v) is 2.32. The number of aryl methyl sites for hydroxylation is 2. The van der Waals surface area contributed by atoms with Crippen LogP contribution in [-0.4, -0.2) is 37.2 Å². The van der Waals surface area contributed by atoms with Crippen LogP contribution in [0.1, 0.15) is 35.4 Å². The highest BCUT2D eigenvalue weighted by molar-refractivity contribution is 6.00. The molecular weight excluding hydrogens is 268 g/mol. The summed E-state index contributed by atoms with van der Waals surface area (Å²) in [5, 5.41) is 26.4. The molecular formula is C11H14N4O5. The Morgan fingerprint density at radius 2 is 2.10 bits per heavy atom. The van der Waals surface area contributed by atoms with E-state index in [4.69, 9.17) is 5.11 Å². The summed E-state index contributed by atoms with van der Waals surface area (Å²) in [6.45, 7) is 1.42. The molecule has 0 aliphatic heterocycles. The first-order valence-electron chi connectivity index (χ1n) is 6.02. The van der Waals surface area contributed by atoms with Crippen molar-refractivity contribution in [3.63, 3.8) is 0 Å². The van der Waals surface area contributed by atoms with Crippen molar-refractivity contribution in [2.45, 2.75) is 31.7 Å². The normalized spacial score (nSPS) is 16.3. The predicted octanol–water partition coefficient (Wildman–Crippen LogP) is 0.374. The highest BCUT2D eigenvalue weighted by atomic mass is 16.6. The summed E-state index contributed by atoms with van der Waals surface area (Å²) in [6.07, 6.45) is 1.33. The van der Waals surface area contributed by atoms with E-state index in [1.54, 1.807) is 0 Å². The van der Waals surface area contributed by atoms with E-state index in [-0.39, 0.29) is 11.4 Å². The molecule has 1 amide bonds. The van der Waals surface area contributed by atoms with Crippen LogP contribution in [0.4, 0.5) is 5.69 Å². The Hall–Kier alpha value is -2.45. The number of nitrogens with zero attached hydrogens (tertiary/aromatic N) is 3. The highest BCUT2D eigenvalue weighted by Gasteiger charge is 2.47. The lowest BCUT2D eigenvalue weighted by molar-refractivity contribution is -0.385. The maximum atomic E-state index is 12.2. The lowest BCUT2D eigenvalue weighted by atomic mass is 9.76. The number of nitro groups is 1. The molecule has 20 heavy (non-hydrogen) atoms. The summed E-state index contributed by atoms with van der Waals surface area (Å²) in [5.41, 5.74) is -1.84. The van der Waals surface area contributed by atoms with Crippen LogP contribution in [0, 0.1) is 17.0 Å². The number of hydrogen-bond acceptors (Lipinski definition) is 5. The third kappa shape index (κ3) is 2.00. The summed E-state index contributed by atoms with van der Waals surface area (Å²) >= 11 is 0. The minimum atomic E-state index is -1.32. The van der Waals surface area contributed by atoms with Crippen molar-refractivity contribution in [2.75, 3.05) is 0 Å². The van der Waals surface area contributed by atoms with Crippen molar-refractivity contribution in [3.05, 3.63) is 21.5 Å². The second kappa shape index (κ2) is 4.58. The monoisotopic (exact) mass is 282 g/mol. The average Bonchev–Trinajstić information content (AvgIpc) is 2.57. The van der Waals surface area contributed by atoms with Gasteiger partial charge in [-0.05, 0) is 26.2 Å². The van der Waals surface area contributed by atoms with Gasteiger partial charge in [0.15, 0.2) is 0 Å². The molecule has 1 aliphatic rings. The second-order valence-corrected chi connectivity index (χ2v) is 4.86. The lowest BCUT2D eigenvalue weighted by Gasteiger charge is -2.38. The molecule has 0 saturated heterocycles. The fourth-order valence-electron chi connectivity index (χ4n) is 2.32. The number of carbonyl (C=O) groups excluding carboxylic acids is 1. The molecule has 9 nitrogen and oxygen atoms in total. The Morgan fingerprint density at radius 3 is 2.50 bits per heavy atom. The lowest BCUT2D eigenvalue weighted by Crippen LogP contribution is -2.59. The average molecular weight is 282 g/mol. The molecule has 1 aliphatic carbocycles. The minimum Gasteiger partial charge on any atom is -0.480 e. The maximum Gasteiger partial charge on any atom is 0.329 e. The quantitative estimate of drug-likeness (QED) is 0.606. The molecule has 0 radical (unpaired) electrons. The molecule has 0 spiro atoms. The van der Waals surface area contributed by atoms with Crippen LogP contribution in [0.3, 0.4) is 0 Å². The van der Waals surface area contributed by atoms with Crippen molar-refractivity contribution >= 4 is 17.6 Å². The third-order valence-electron chi connectivity index (χ3n) is 3.56. The van der Waals surface area contributed by atoms with Gasteiger partial charge in [0.2, 0.25) is 5.69 Å². The number of aromatic nitrogens is 2. The molecule has 0 unspecified atom stereocenters. The Bertz CT molecular complexity index is 602. The van der Waals surface area contributed by atoms with E-state index >= 15 is 0 Å². The van der Waals surface area contributed by atoms with Gasteiger partial charge < -0.3 is 10.4 Å². The van der Waals surface area contributed by atoms with Crippen LogP contribution in [0.2, 0.25) is 0 Å². The van der Waals surface area contributed by atoms with E-state index in [0.717, 1.165) is 4.68 Å². The van der Waals surface area contributed by atoms with E-state index < -0.39 is 28.0 Å². The molecule has 0 atom stereocenters. The van der Waals surface area contributed by atoms with Crippen LogP contribution in [0.15, 0.2) is 0 Å². The number of hydrogen-bond donors (Lipinski definition) is 2. The van der Waals surface area contributed by atoms with Crippen molar-refractivity contribution in [3.8, 4) is 0 Å². The molecule has 0 bridgehead atoms. The molecule has 1 heterocycles. The molecule has 1 aromatic heterocycles. The Kier molecular flexibility index (Phi) is 3.20. The van der Waals surface area contributed by atoms with Crippen molar-refractivity contribution in [1.82, 2.24) is 15.1 Å². The van der Waals surface area contributed by atoms with Crippen LogP contribution >= 0.6 is 0 Å². The van der Waals surface area contributed by atoms with E-state index in [1.807, 2.05) is 0 Å². The largest absolute Gasteiger partial charge is 0.480 e. The van der Waals surface area contributed by atoms with Crippen molar-refractivity contribution in [1.29, 1.82) is 0 Å². The van der Waals surface area contributed by atoms with Crippen molar-refractivity contribution in [2.24, 2.45) is 7.05 Å². The van der Waals surface area contributed by atoms with Gasteiger partial charge in [-0.25, -0.2) is 4.79 Å². The van der Waals surface area contributed by atoms with Crippen molar-refractivity contribution < 1.29 is 19.6 Å². The summed E-state index contributed by atoms with van der Waals surface area (Å²) in [4.78, 5) is 33.7. The van der Waals surface area contributed by atoms with Gasteiger partial charge in [0.25, 0.3) is 5.91 Å². The molecule has 108 valence electrons. The van der Waals surface area contributed by atoms with Crippen LogP contribution in [-0.2, 0) is 11.8 Å². The molecule has 1 aromatic rings. The molecule has 9 heteroatoms. The van der Waals surface area contributed by atoms with E-state index in [2.05, 4.69) is 10.4 Å². The van der Waals surface area contributed by atoms with Gasteiger partial charge in [0.05, 0.1) is 4.92 Å². The van der Waals surface area contributed by atoms with Gasteiger partial charge in [-0.3, -0.25) is 19.6 Å². The number of amides is 1. The standard InChI is InChI=1S/C11H14N4O5/c1-6-7(15(19)20)8(14(2)13-6)9(16)12-11(10(17)18)4-3-5-11/h3-5H2,1-2H3,(H,12,16)(H,17,18). The number of carbonyl (C=O) groups is 2. The Morgan fingerprint density at radius 1 is 1.50 bits per heavy atom. The number of carboxylic acids is 1. The zero-order chi connectivity index (χ0) is 15.1. The van der Waals surface area contributed by atoms with Crippen LogP contribution in [0.5, 0.6) is 0 Å². The third-order valence-corrected chi connectivity index (χ3v) is 3.56. The smallest absolute Gasteiger partial charge is 0.329 e. The van der Waals surface area contributed by atoms with E-state index in [0.29, 0.717) is 19.3 Å². The van der Waals surface area contributed by atoms with Gasteiger partial charge >= 0.3 is 11.7 Å². The molecule has 1 fully saturated rings.